The molecular weight excluding hydrogens is 292 g/mol. The fourth-order valence-electron chi connectivity index (χ4n) is 3.54. The normalized spacial score (nSPS) is 12.4. The van der Waals surface area contributed by atoms with E-state index in [0.29, 0.717) is 0 Å². The summed E-state index contributed by atoms with van der Waals surface area (Å²) < 4.78 is 0. The molecule has 0 heterocycles. The van der Waals surface area contributed by atoms with E-state index in [-0.39, 0.29) is 0 Å². The van der Waals surface area contributed by atoms with Gasteiger partial charge in [0.05, 0.1) is 0 Å². The summed E-state index contributed by atoms with van der Waals surface area (Å²) in [5.41, 5.74) is 0. The summed E-state index contributed by atoms with van der Waals surface area (Å²) in [6, 6.07) is 0. The quantitative estimate of drug-likeness (QED) is 0.161. The molecule has 1 atom stereocenters. The molecule has 0 aromatic rings. The molecule has 0 radical (unpaired) electrons. The smallest absolute Gasteiger partial charge is 0.120 e. The molecule has 1 unspecified atom stereocenters. The molecule has 0 aromatic carbocycles. The molecule has 0 saturated heterocycles. The highest BCUT2D eigenvalue weighted by molar-refractivity contribution is 5.49. The topological polar surface area (TPSA) is 17.1 Å². The molecule has 1 nitrogen and oxygen atoms in total. The van der Waals surface area contributed by atoms with E-state index in [1.54, 1.807) is 0 Å². The molecule has 1 heteroatoms. The minimum absolute atomic E-state index is 0.738. The third-order valence-corrected chi connectivity index (χ3v) is 5.33. The Kier molecular flexibility index (Phi) is 20.4. The van der Waals surface area contributed by atoms with Crippen LogP contribution >= 0.6 is 0 Å². The predicted octanol–water partition coefficient (Wildman–Crippen LogP) is 8.25. The lowest BCUT2D eigenvalue weighted by Gasteiger charge is -2.08. The molecule has 0 aliphatic heterocycles. The zero-order chi connectivity index (χ0) is 17.7. The van der Waals surface area contributed by atoms with Crippen LogP contribution in [0, 0.1) is 5.92 Å². The van der Waals surface area contributed by atoms with E-state index < -0.39 is 0 Å². The van der Waals surface area contributed by atoms with Gasteiger partial charge in [-0.25, -0.2) is 0 Å². The fourth-order valence-corrected chi connectivity index (χ4v) is 3.54. The van der Waals surface area contributed by atoms with Crippen molar-refractivity contribution in [1.29, 1.82) is 0 Å². The van der Waals surface area contributed by atoms with Gasteiger partial charge in [0.1, 0.15) is 6.29 Å². The summed E-state index contributed by atoms with van der Waals surface area (Å²) in [6.07, 6.45) is 27.2. The van der Waals surface area contributed by atoms with Crippen molar-refractivity contribution >= 4 is 6.29 Å². The molecule has 0 aliphatic rings. The Labute approximate surface area is 153 Å². The number of carbonyl (C=O) groups excluding carboxylic acids is 1. The molecule has 0 amide bonds. The molecular formula is C23H46O. The third-order valence-electron chi connectivity index (χ3n) is 5.33. The standard InChI is InChI=1S/C23H46O/c1-3-4-5-6-7-8-9-10-11-12-13-14-15-16-17-18-20-23(2)21-19-22-24/h22-23H,3-21H2,1-2H3. The summed E-state index contributed by atoms with van der Waals surface area (Å²) >= 11 is 0. The van der Waals surface area contributed by atoms with Crippen LogP contribution in [0.25, 0.3) is 0 Å². The van der Waals surface area contributed by atoms with Crippen molar-refractivity contribution in [2.45, 2.75) is 136 Å². The molecule has 0 saturated carbocycles. The maximum Gasteiger partial charge on any atom is 0.120 e. The van der Waals surface area contributed by atoms with E-state index in [1.165, 1.54) is 109 Å². The summed E-state index contributed by atoms with van der Waals surface area (Å²) in [6.45, 7) is 4.58. The van der Waals surface area contributed by atoms with Gasteiger partial charge in [0.2, 0.25) is 0 Å². The van der Waals surface area contributed by atoms with E-state index in [0.717, 1.165) is 25.0 Å². The third kappa shape index (κ3) is 19.7. The Morgan fingerprint density at radius 2 is 0.958 bits per heavy atom. The largest absolute Gasteiger partial charge is 0.303 e. The van der Waals surface area contributed by atoms with Gasteiger partial charge in [-0.05, 0) is 12.3 Å². The molecule has 0 rings (SSSR count). The van der Waals surface area contributed by atoms with Crippen LogP contribution in [0.5, 0.6) is 0 Å². The van der Waals surface area contributed by atoms with Crippen molar-refractivity contribution in [3.63, 3.8) is 0 Å². The second kappa shape index (κ2) is 20.7. The molecule has 0 spiro atoms. The number of hydrogen-bond acceptors (Lipinski definition) is 1. The first-order valence-electron chi connectivity index (χ1n) is 11.2. The summed E-state index contributed by atoms with van der Waals surface area (Å²) in [5.74, 6) is 0.738. The highest BCUT2D eigenvalue weighted by Crippen LogP contribution is 2.17. The van der Waals surface area contributed by atoms with Gasteiger partial charge in [-0.3, -0.25) is 0 Å². The van der Waals surface area contributed by atoms with Crippen molar-refractivity contribution < 1.29 is 4.79 Å². The number of aldehydes is 1. The second-order valence-electron chi connectivity index (χ2n) is 7.94. The average molecular weight is 339 g/mol. The molecule has 0 aromatic heterocycles. The van der Waals surface area contributed by atoms with Crippen molar-refractivity contribution in [2.24, 2.45) is 5.92 Å². The van der Waals surface area contributed by atoms with Crippen LogP contribution in [0.15, 0.2) is 0 Å². The van der Waals surface area contributed by atoms with Crippen LogP contribution in [-0.2, 0) is 4.79 Å². The van der Waals surface area contributed by atoms with Gasteiger partial charge in [0.15, 0.2) is 0 Å². The first-order valence-corrected chi connectivity index (χ1v) is 11.2. The fraction of sp³-hybridized carbons (Fsp3) is 0.957. The Balaban J connectivity index is 3.03. The molecule has 0 aliphatic carbocycles. The van der Waals surface area contributed by atoms with E-state index >= 15 is 0 Å². The van der Waals surface area contributed by atoms with Gasteiger partial charge in [-0.15, -0.1) is 0 Å². The Hall–Kier alpha value is -0.330. The van der Waals surface area contributed by atoms with E-state index in [9.17, 15) is 4.79 Å². The monoisotopic (exact) mass is 338 g/mol. The van der Waals surface area contributed by atoms with Gasteiger partial charge < -0.3 is 4.79 Å². The summed E-state index contributed by atoms with van der Waals surface area (Å²) in [7, 11) is 0. The Bertz CT molecular complexity index is 236. The average Bonchev–Trinajstić information content (AvgIpc) is 2.59. The Morgan fingerprint density at radius 1 is 0.583 bits per heavy atom. The first kappa shape index (κ1) is 23.7. The van der Waals surface area contributed by atoms with E-state index in [1.807, 2.05) is 0 Å². The molecule has 144 valence electrons. The maximum atomic E-state index is 10.3. The highest BCUT2D eigenvalue weighted by atomic mass is 16.1. The minimum Gasteiger partial charge on any atom is -0.303 e. The van der Waals surface area contributed by atoms with Gasteiger partial charge in [0.25, 0.3) is 0 Å². The number of hydrogen-bond donors (Lipinski definition) is 0. The molecule has 0 N–H and O–H groups in total. The van der Waals surface area contributed by atoms with E-state index in [4.69, 9.17) is 0 Å². The maximum absolute atomic E-state index is 10.3. The lowest BCUT2D eigenvalue weighted by Crippen LogP contribution is -1.95. The minimum atomic E-state index is 0.738. The van der Waals surface area contributed by atoms with Gasteiger partial charge in [0, 0.05) is 6.42 Å². The van der Waals surface area contributed by atoms with Gasteiger partial charge in [-0.2, -0.15) is 0 Å². The zero-order valence-corrected chi connectivity index (χ0v) is 17.0. The van der Waals surface area contributed by atoms with Crippen molar-refractivity contribution in [3.8, 4) is 0 Å². The van der Waals surface area contributed by atoms with Gasteiger partial charge in [-0.1, -0.05) is 123 Å². The van der Waals surface area contributed by atoms with Crippen molar-refractivity contribution in [1.82, 2.24) is 0 Å². The second-order valence-corrected chi connectivity index (χ2v) is 7.94. The van der Waals surface area contributed by atoms with Gasteiger partial charge >= 0.3 is 0 Å². The highest BCUT2D eigenvalue weighted by Gasteiger charge is 2.01. The van der Waals surface area contributed by atoms with Crippen LogP contribution in [0.4, 0.5) is 0 Å². The summed E-state index contributed by atoms with van der Waals surface area (Å²) in [5, 5.41) is 0. The van der Waals surface area contributed by atoms with Crippen molar-refractivity contribution in [3.05, 3.63) is 0 Å². The summed E-state index contributed by atoms with van der Waals surface area (Å²) in [4.78, 5) is 10.3. The van der Waals surface area contributed by atoms with Crippen LogP contribution in [0.3, 0.4) is 0 Å². The molecule has 24 heavy (non-hydrogen) atoms. The van der Waals surface area contributed by atoms with E-state index in [2.05, 4.69) is 13.8 Å². The SMILES string of the molecule is CCCCCCCCCCCCCCCCCCC(C)CCC=O. The first-order chi connectivity index (χ1) is 11.8. The van der Waals surface area contributed by atoms with Crippen LogP contribution in [-0.4, -0.2) is 6.29 Å². The van der Waals surface area contributed by atoms with Crippen LogP contribution < -0.4 is 0 Å². The molecule has 0 fully saturated rings. The Morgan fingerprint density at radius 3 is 1.33 bits per heavy atom. The van der Waals surface area contributed by atoms with Crippen LogP contribution in [0.1, 0.15) is 136 Å². The molecule has 0 bridgehead atoms. The predicted molar refractivity (Wildman–Crippen MR) is 109 cm³/mol. The lowest BCUT2D eigenvalue weighted by atomic mass is 9.97. The number of rotatable bonds is 20. The van der Waals surface area contributed by atoms with Crippen molar-refractivity contribution in [2.75, 3.05) is 0 Å². The number of carbonyl (C=O) groups is 1. The zero-order valence-electron chi connectivity index (χ0n) is 17.0. The lowest BCUT2D eigenvalue weighted by molar-refractivity contribution is -0.108. The number of unbranched alkanes of at least 4 members (excludes halogenated alkanes) is 15. The van der Waals surface area contributed by atoms with Crippen LogP contribution in [0.2, 0.25) is 0 Å².